The molecule has 0 saturated carbocycles. The molecule has 54 valence electrons. The summed E-state index contributed by atoms with van der Waals surface area (Å²) in [7, 11) is 1.48. The van der Waals surface area contributed by atoms with E-state index in [1.807, 2.05) is 0 Å². The number of carbonyl (C=O) groups excluding carboxylic acids is 1. The number of ketones is 1. The summed E-state index contributed by atoms with van der Waals surface area (Å²) in [4.78, 5) is 17.3. The number of Topliss-reactive ketones (excluding diaryl/α,β-unsaturated/α-hetero) is 1. The zero-order valence-electron chi connectivity index (χ0n) is 5.63. The van der Waals surface area contributed by atoms with Gasteiger partial charge in [0.15, 0.2) is 0 Å². The largest absolute Gasteiger partial charge is 0.376 e. The molecule has 0 aliphatic heterocycles. The van der Waals surface area contributed by atoms with E-state index in [9.17, 15) is 4.79 Å². The Bertz CT molecular complexity index is 206. The minimum atomic E-state index is -0.0833. The maximum absolute atomic E-state index is 10.9. The summed E-state index contributed by atoms with van der Waals surface area (Å²) in [5.41, 5.74) is 0.488. The SMILES string of the molecule is COCC(=O)c1cnc[nH]1. The van der Waals surface area contributed by atoms with Crippen molar-refractivity contribution in [3.05, 3.63) is 18.2 Å². The van der Waals surface area contributed by atoms with Crippen LogP contribution in [0, 0.1) is 0 Å². The van der Waals surface area contributed by atoms with E-state index < -0.39 is 0 Å². The number of rotatable bonds is 3. The first-order chi connectivity index (χ1) is 4.84. The van der Waals surface area contributed by atoms with Crippen molar-refractivity contribution in [3.8, 4) is 0 Å². The molecular formula is C6H8N2O2. The van der Waals surface area contributed by atoms with Crippen molar-refractivity contribution >= 4 is 5.78 Å². The molecule has 4 nitrogen and oxygen atoms in total. The third-order valence-corrected chi connectivity index (χ3v) is 1.07. The Balaban J connectivity index is 2.59. The fraction of sp³-hybridized carbons (Fsp3) is 0.333. The number of H-pyrrole nitrogens is 1. The van der Waals surface area contributed by atoms with E-state index in [4.69, 9.17) is 0 Å². The molecule has 0 aromatic carbocycles. The number of methoxy groups -OCH3 is 1. The van der Waals surface area contributed by atoms with Crippen LogP contribution < -0.4 is 0 Å². The standard InChI is InChI=1S/C6H8N2O2/c1-10-3-6(9)5-2-7-4-8-5/h2,4H,3H2,1H3,(H,7,8). The van der Waals surface area contributed by atoms with Gasteiger partial charge in [0.2, 0.25) is 5.78 Å². The molecule has 0 fully saturated rings. The maximum Gasteiger partial charge on any atom is 0.206 e. The first kappa shape index (κ1) is 6.95. The predicted molar refractivity (Wildman–Crippen MR) is 34.8 cm³/mol. The van der Waals surface area contributed by atoms with E-state index in [-0.39, 0.29) is 12.4 Å². The third-order valence-electron chi connectivity index (χ3n) is 1.07. The van der Waals surface area contributed by atoms with E-state index in [2.05, 4.69) is 14.7 Å². The smallest absolute Gasteiger partial charge is 0.206 e. The van der Waals surface area contributed by atoms with Crippen LogP contribution in [-0.4, -0.2) is 29.5 Å². The highest BCUT2D eigenvalue weighted by Crippen LogP contribution is 1.92. The van der Waals surface area contributed by atoms with Crippen LogP contribution in [0.3, 0.4) is 0 Å². The average molecular weight is 140 g/mol. The molecule has 0 unspecified atom stereocenters. The summed E-state index contributed by atoms with van der Waals surface area (Å²) in [6.07, 6.45) is 2.93. The molecule has 0 aliphatic rings. The molecule has 0 atom stereocenters. The maximum atomic E-state index is 10.9. The molecule has 1 heterocycles. The number of ether oxygens (including phenoxy) is 1. The van der Waals surface area contributed by atoms with Crippen LogP contribution in [0.25, 0.3) is 0 Å². The van der Waals surface area contributed by atoms with Gasteiger partial charge < -0.3 is 9.72 Å². The number of nitrogens with zero attached hydrogens (tertiary/aromatic N) is 1. The Hall–Kier alpha value is -1.16. The van der Waals surface area contributed by atoms with Gasteiger partial charge in [-0.15, -0.1) is 0 Å². The van der Waals surface area contributed by atoms with Gasteiger partial charge >= 0.3 is 0 Å². The van der Waals surface area contributed by atoms with Crippen LogP contribution in [0.4, 0.5) is 0 Å². The lowest BCUT2D eigenvalue weighted by Crippen LogP contribution is -2.06. The zero-order valence-corrected chi connectivity index (χ0v) is 5.63. The van der Waals surface area contributed by atoms with Crippen LogP contribution in [0.15, 0.2) is 12.5 Å². The molecule has 1 aromatic heterocycles. The molecule has 0 amide bonds. The van der Waals surface area contributed by atoms with Crippen LogP contribution >= 0.6 is 0 Å². The van der Waals surface area contributed by atoms with Crippen molar-refractivity contribution < 1.29 is 9.53 Å². The lowest BCUT2D eigenvalue weighted by Gasteiger charge is -1.92. The fourth-order valence-electron chi connectivity index (χ4n) is 0.617. The van der Waals surface area contributed by atoms with Crippen LogP contribution in [0.5, 0.6) is 0 Å². The van der Waals surface area contributed by atoms with Crippen LogP contribution in [0.1, 0.15) is 10.5 Å². The number of imidazole rings is 1. The normalized spacial score (nSPS) is 9.70. The van der Waals surface area contributed by atoms with Gasteiger partial charge in [-0.1, -0.05) is 0 Å². The van der Waals surface area contributed by atoms with Gasteiger partial charge in [-0.25, -0.2) is 4.98 Å². The summed E-state index contributed by atoms with van der Waals surface area (Å²) in [5, 5.41) is 0. The number of hydrogen-bond donors (Lipinski definition) is 1. The Kier molecular flexibility index (Phi) is 2.17. The second-order valence-electron chi connectivity index (χ2n) is 1.82. The Morgan fingerprint density at radius 2 is 2.70 bits per heavy atom. The van der Waals surface area contributed by atoms with Gasteiger partial charge in [-0.2, -0.15) is 0 Å². The van der Waals surface area contributed by atoms with Crippen molar-refractivity contribution in [1.29, 1.82) is 0 Å². The Morgan fingerprint density at radius 3 is 3.20 bits per heavy atom. The minimum absolute atomic E-state index is 0.0833. The highest BCUT2D eigenvalue weighted by atomic mass is 16.5. The fourth-order valence-corrected chi connectivity index (χ4v) is 0.617. The van der Waals surface area contributed by atoms with Crippen LogP contribution in [-0.2, 0) is 4.74 Å². The molecule has 0 spiro atoms. The van der Waals surface area contributed by atoms with E-state index in [1.54, 1.807) is 0 Å². The first-order valence-electron chi connectivity index (χ1n) is 2.85. The van der Waals surface area contributed by atoms with E-state index in [0.717, 1.165) is 0 Å². The third kappa shape index (κ3) is 1.41. The second kappa shape index (κ2) is 3.12. The van der Waals surface area contributed by atoms with E-state index in [1.165, 1.54) is 19.6 Å². The predicted octanol–water partition coefficient (Wildman–Crippen LogP) is 0.239. The van der Waals surface area contributed by atoms with Crippen molar-refractivity contribution in [2.75, 3.05) is 13.7 Å². The molecule has 1 aromatic rings. The van der Waals surface area contributed by atoms with Gasteiger partial charge in [0, 0.05) is 7.11 Å². The lowest BCUT2D eigenvalue weighted by molar-refractivity contribution is 0.0843. The van der Waals surface area contributed by atoms with Gasteiger partial charge in [-0.05, 0) is 0 Å². The van der Waals surface area contributed by atoms with Gasteiger partial charge in [-0.3, -0.25) is 4.79 Å². The summed E-state index contributed by atoms with van der Waals surface area (Å²) in [6.45, 7) is 0.0994. The summed E-state index contributed by atoms with van der Waals surface area (Å²) < 4.78 is 4.63. The summed E-state index contributed by atoms with van der Waals surface area (Å²) >= 11 is 0. The van der Waals surface area contributed by atoms with Gasteiger partial charge in [0.1, 0.15) is 12.3 Å². The van der Waals surface area contributed by atoms with Gasteiger partial charge in [0.05, 0.1) is 12.5 Å². The highest BCUT2D eigenvalue weighted by molar-refractivity contribution is 5.94. The molecular weight excluding hydrogens is 132 g/mol. The molecule has 0 bridgehead atoms. The minimum Gasteiger partial charge on any atom is -0.376 e. The molecule has 1 N–H and O–H groups in total. The molecule has 10 heavy (non-hydrogen) atoms. The Morgan fingerprint density at radius 1 is 1.90 bits per heavy atom. The van der Waals surface area contributed by atoms with Crippen LogP contribution in [0.2, 0.25) is 0 Å². The topological polar surface area (TPSA) is 55.0 Å². The van der Waals surface area contributed by atoms with Gasteiger partial charge in [0.25, 0.3) is 0 Å². The number of nitrogens with one attached hydrogen (secondary N) is 1. The summed E-state index contributed by atoms with van der Waals surface area (Å²) in [6, 6.07) is 0. The van der Waals surface area contributed by atoms with Crippen molar-refractivity contribution in [3.63, 3.8) is 0 Å². The van der Waals surface area contributed by atoms with E-state index >= 15 is 0 Å². The lowest BCUT2D eigenvalue weighted by atomic mass is 10.3. The number of aromatic nitrogens is 2. The molecule has 1 rings (SSSR count). The molecule has 0 aliphatic carbocycles. The average Bonchev–Trinajstić information content (AvgIpc) is 2.38. The van der Waals surface area contributed by atoms with E-state index in [0.29, 0.717) is 5.69 Å². The summed E-state index contributed by atoms with van der Waals surface area (Å²) in [5.74, 6) is -0.0833. The Labute approximate surface area is 58.2 Å². The van der Waals surface area contributed by atoms with Crippen molar-refractivity contribution in [2.45, 2.75) is 0 Å². The zero-order chi connectivity index (χ0) is 7.40. The van der Waals surface area contributed by atoms with Crippen molar-refractivity contribution in [2.24, 2.45) is 0 Å². The second-order valence-corrected chi connectivity index (χ2v) is 1.82. The molecule has 0 saturated heterocycles. The number of carbonyl (C=O) groups is 1. The number of aromatic amines is 1. The van der Waals surface area contributed by atoms with Crippen molar-refractivity contribution in [1.82, 2.24) is 9.97 Å². The first-order valence-corrected chi connectivity index (χ1v) is 2.85. The quantitative estimate of drug-likeness (QED) is 0.612. The molecule has 0 radical (unpaired) electrons. The number of hydrogen-bond acceptors (Lipinski definition) is 3. The highest BCUT2D eigenvalue weighted by Gasteiger charge is 2.04. The molecule has 4 heteroatoms. The monoisotopic (exact) mass is 140 g/mol.